The molecule has 0 aliphatic heterocycles. The highest BCUT2D eigenvalue weighted by molar-refractivity contribution is 9.10. The number of carbonyl (C=O) groups is 1. The molecular weight excluding hydrogens is 326 g/mol. The monoisotopic (exact) mass is 337 g/mol. The van der Waals surface area contributed by atoms with Crippen molar-refractivity contribution in [3.63, 3.8) is 0 Å². The molecule has 0 radical (unpaired) electrons. The van der Waals surface area contributed by atoms with Gasteiger partial charge in [0.15, 0.2) is 0 Å². The van der Waals surface area contributed by atoms with Crippen molar-refractivity contribution in [2.24, 2.45) is 0 Å². The topological polar surface area (TPSA) is 29.1 Å². The van der Waals surface area contributed by atoms with Gasteiger partial charge in [-0.15, -0.1) is 0 Å². The van der Waals surface area contributed by atoms with E-state index in [0.717, 1.165) is 21.3 Å². The molecule has 1 amide bonds. The van der Waals surface area contributed by atoms with Crippen LogP contribution in [-0.2, 0) is 11.2 Å². The average molecular weight is 339 g/mol. The van der Waals surface area contributed by atoms with Gasteiger partial charge in [-0.1, -0.05) is 45.7 Å². The maximum Gasteiger partial charge on any atom is 0.228 e. The second-order valence-electron chi connectivity index (χ2n) is 4.28. The van der Waals surface area contributed by atoms with Crippen LogP contribution in [0.1, 0.15) is 11.1 Å². The lowest BCUT2D eigenvalue weighted by molar-refractivity contribution is -0.115. The molecule has 0 bridgehead atoms. The molecule has 2 aromatic carbocycles. The normalized spacial score (nSPS) is 10.3. The second-order valence-corrected chi connectivity index (χ2v) is 5.54. The van der Waals surface area contributed by atoms with Gasteiger partial charge >= 0.3 is 0 Å². The minimum Gasteiger partial charge on any atom is -0.326 e. The van der Waals surface area contributed by atoms with E-state index < -0.39 is 0 Å². The Bertz CT molecular complexity index is 613. The van der Waals surface area contributed by atoms with Crippen molar-refractivity contribution in [1.82, 2.24) is 0 Å². The summed E-state index contributed by atoms with van der Waals surface area (Å²) < 4.78 is 1.02. The highest BCUT2D eigenvalue weighted by Crippen LogP contribution is 2.21. The summed E-state index contributed by atoms with van der Waals surface area (Å²) in [7, 11) is 0. The molecule has 0 heterocycles. The lowest BCUT2D eigenvalue weighted by Gasteiger charge is -2.08. The second kappa shape index (κ2) is 6.22. The van der Waals surface area contributed by atoms with Crippen molar-refractivity contribution in [1.29, 1.82) is 0 Å². The van der Waals surface area contributed by atoms with E-state index in [4.69, 9.17) is 11.6 Å². The fourth-order valence-electron chi connectivity index (χ4n) is 1.74. The van der Waals surface area contributed by atoms with Crippen molar-refractivity contribution >= 4 is 39.1 Å². The van der Waals surface area contributed by atoms with E-state index in [9.17, 15) is 4.79 Å². The van der Waals surface area contributed by atoms with Crippen LogP contribution in [0.4, 0.5) is 5.69 Å². The first-order valence-corrected chi connectivity index (χ1v) is 7.03. The zero-order valence-corrected chi connectivity index (χ0v) is 12.8. The number of aryl methyl sites for hydroxylation is 1. The SMILES string of the molecule is Cc1cc(NC(=O)Cc2ccccc2Cl)ccc1Br. The third kappa shape index (κ3) is 3.82. The predicted octanol–water partition coefficient (Wildman–Crippen LogP) is 4.59. The van der Waals surface area contributed by atoms with E-state index in [2.05, 4.69) is 21.2 Å². The van der Waals surface area contributed by atoms with Crippen LogP contribution in [0.15, 0.2) is 46.9 Å². The Hall–Kier alpha value is -1.32. The van der Waals surface area contributed by atoms with Crippen LogP contribution in [-0.4, -0.2) is 5.91 Å². The third-order valence-corrected chi connectivity index (χ3v) is 4.01. The highest BCUT2D eigenvalue weighted by atomic mass is 79.9. The van der Waals surface area contributed by atoms with Crippen LogP contribution >= 0.6 is 27.5 Å². The highest BCUT2D eigenvalue weighted by Gasteiger charge is 2.07. The number of halogens is 2. The van der Waals surface area contributed by atoms with Crippen LogP contribution in [0, 0.1) is 6.92 Å². The number of rotatable bonds is 3. The maximum absolute atomic E-state index is 11.9. The molecule has 2 aromatic rings. The van der Waals surface area contributed by atoms with E-state index in [0.29, 0.717) is 5.02 Å². The first-order valence-electron chi connectivity index (χ1n) is 5.85. The predicted molar refractivity (Wildman–Crippen MR) is 82.7 cm³/mol. The van der Waals surface area contributed by atoms with Gasteiger partial charge in [0.1, 0.15) is 0 Å². The smallest absolute Gasteiger partial charge is 0.228 e. The Labute approximate surface area is 125 Å². The number of amides is 1. The Morgan fingerprint density at radius 1 is 1.26 bits per heavy atom. The summed E-state index contributed by atoms with van der Waals surface area (Å²) in [5.74, 6) is -0.0742. The summed E-state index contributed by atoms with van der Waals surface area (Å²) in [6.45, 7) is 1.98. The molecule has 19 heavy (non-hydrogen) atoms. The Morgan fingerprint density at radius 2 is 2.00 bits per heavy atom. The molecule has 1 N–H and O–H groups in total. The average Bonchev–Trinajstić information content (AvgIpc) is 2.37. The van der Waals surface area contributed by atoms with E-state index in [-0.39, 0.29) is 12.3 Å². The number of carbonyl (C=O) groups excluding carboxylic acids is 1. The fourth-order valence-corrected chi connectivity index (χ4v) is 2.19. The van der Waals surface area contributed by atoms with Gasteiger partial charge in [0.2, 0.25) is 5.91 Å². The Morgan fingerprint density at radius 3 is 2.68 bits per heavy atom. The van der Waals surface area contributed by atoms with Crippen molar-refractivity contribution in [2.75, 3.05) is 5.32 Å². The zero-order chi connectivity index (χ0) is 13.8. The third-order valence-electron chi connectivity index (χ3n) is 2.75. The number of benzene rings is 2. The molecule has 0 saturated carbocycles. The van der Waals surface area contributed by atoms with Gasteiger partial charge in [0.05, 0.1) is 6.42 Å². The summed E-state index contributed by atoms with van der Waals surface area (Å²) in [4.78, 5) is 11.9. The van der Waals surface area contributed by atoms with Gasteiger partial charge in [0, 0.05) is 15.2 Å². The lowest BCUT2D eigenvalue weighted by atomic mass is 10.1. The van der Waals surface area contributed by atoms with Gasteiger partial charge in [-0.25, -0.2) is 0 Å². The molecule has 0 saturated heterocycles. The molecule has 0 atom stereocenters. The lowest BCUT2D eigenvalue weighted by Crippen LogP contribution is -2.14. The zero-order valence-electron chi connectivity index (χ0n) is 10.4. The molecule has 0 aliphatic carbocycles. The molecule has 0 fully saturated rings. The van der Waals surface area contributed by atoms with E-state index >= 15 is 0 Å². The molecule has 4 heteroatoms. The standard InChI is InChI=1S/C15H13BrClNO/c1-10-8-12(6-7-13(10)16)18-15(19)9-11-4-2-3-5-14(11)17/h2-8H,9H2,1H3,(H,18,19). The molecule has 0 spiro atoms. The van der Waals surface area contributed by atoms with E-state index in [1.165, 1.54) is 0 Å². The quantitative estimate of drug-likeness (QED) is 0.871. The van der Waals surface area contributed by atoms with Gasteiger partial charge in [-0.3, -0.25) is 4.79 Å². The number of hydrogen-bond acceptors (Lipinski definition) is 1. The molecule has 98 valence electrons. The Balaban J connectivity index is 2.05. The van der Waals surface area contributed by atoms with Gasteiger partial charge in [-0.05, 0) is 42.3 Å². The fraction of sp³-hybridized carbons (Fsp3) is 0.133. The maximum atomic E-state index is 11.9. The number of anilines is 1. The van der Waals surface area contributed by atoms with E-state index in [1.54, 1.807) is 6.07 Å². The van der Waals surface area contributed by atoms with Crippen LogP contribution in [0.25, 0.3) is 0 Å². The molecular formula is C15H13BrClNO. The minimum atomic E-state index is -0.0742. The molecule has 2 rings (SSSR count). The van der Waals surface area contributed by atoms with Crippen molar-refractivity contribution in [2.45, 2.75) is 13.3 Å². The largest absolute Gasteiger partial charge is 0.326 e. The van der Waals surface area contributed by atoms with Gasteiger partial charge in [-0.2, -0.15) is 0 Å². The minimum absolute atomic E-state index is 0.0742. The van der Waals surface area contributed by atoms with Crippen LogP contribution in [0.2, 0.25) is 5.02 Å². The first kappa shape index (κ1) is 14.1. The summed E-state index contributed by atoms with van der Waals surface area (Å²) in [5.41, 5.74) is 2.70. The summed E-state index contributed by atoms with van der Waals surface area (Å²) in [5, 5.41) is 3.48. The molecule has 0 aromatic heterocycles. The van der Waals surface area contributed by atoms with Crippen molar-refractivity contribution < 1.29 is 4.79 Å². The summed E-state index contributed by atoms with van der Waals surface area (Å²) in [6, 6.07) is 13.1. The van der Waals surface area contributed by atoms with Gasteiger partial charge < -0.3 is 5.32 Å². The first-order chi connectivity index (χ1) is 9.06. The van der Waals surface area contributed by atoms with Crippen LogP contribution in [0.3, 0.4) is 0 Å². The molecule has 0 aliphatic rings. The van der Waals surface area contributed by atoms with Crippen LogP contribution < -0.4 is 5.32 Å². The summed E-state index contributed by atoms with van der Waals surface area (Å²) >= 11 is 9.46. The number of nitrogens with one attached hydrogen (secondary N) is 1. The summed E-state index contributed by atoms with van der Waals surface area (Å²) in [6.07, 6.45) is 0.273. The number of hydrogen-bond donors (Lipinski definition) is 1. The van der Waals surface area contributed by atoms with Crippen LogP contribution in [0.5, 0.6) is 0 Å². The molecule has 0 unspecified atom stereocenters. The van der Waals surface area contributed by atoms with Gasteiger partial charge in [0.25, 0.3) is 0 Å². The molecule has 2 nitrogen and oxygen atoms in total. The van der Waals surface area contributed by atoms with Crippen molar-refractivity contribution in [3.8, 4) is 0 Å². The van der Waals surface area contributed by atoms with Crippen molar-refractivity contribution in [3.05, 3.63) is 63.1 Å². The van der Waals surface area contributed by atoms with E-state index in [1.807, 2.05) is 43.3 Å². The Kier molecular flexibility index (Phi) is 4.61.